The summed E-state index contributed by atoms with van der Waals surface area (Å²) in [6.45, 7) is 0. The van der Waals surface area contributed by atoms with Crippen molar-refractivity contribution >= 4 is 15.9 Å². The fourth-order valence-electron chi connectivity index (χ4n) is 2.09. The van der Waals surface area contributed by atoms with Gasteiger partial charge in [0.25, 0.3) is 0 Å². The molecule has 102 valence electrons. The zero-order valence-corrected chi connectivity index (χ0v) is 12.6. The Morgan fingerprint density at radius 2 is 2.05 bits per heavy atom. The summed E-state index contributed by atoms with van der Waals surface area (Å²) in [6.07, 6.45) is 6.88. The molecule has 0 aliphatic rings. The Hall–Kier alpha value is -1.17. The molecule has 1 aromatic carbocycles. The maximum absolute atomic E-state index is 5.64. The molecular weight excluding hydrogens is 304 g/mol. The number of aryl methyl sites for hydroxylation is 2. The molecular formula is C14H19BrN4. The smallest absolute Gasteiger partial charge is 0.0521 e. The second-order valence-corrected chi connectivity index (χ2v) is 5.67. The zero-order valence-electron chi connectivity index (χ0n) is 11.0. The highest BCUT2D eigenvalue weighted by atomic mass is 79.9. The van der Waals surface area contributed by atoms with Gasteiger partial charge < -0.3 is 0 Å². The largest absolute Gasteiger partial charge is 0.276 e. The van der Waals surface area contributed by atoms with E-state index in [0.29, 0.717) is 0 Å². The van der Waals surface area contributed by atoms with E-state index < -0.39 is 0 Å². The molecule has 2 aromatic rings. The lowest BCUT2D eigenvalue weighted by atomic mass is 10.0. The van der Waals surface area contributed by atoms with Crippen LogP contribution in [0, 0.1) is 0 Å². The van der Waals surface area contributed by atoms with Crippen molar-refractivity contribution in [2.75, 3.05) is 0 Å². The number of halogens is 1. The summed E-state index contributed by atoms with van der Waals surface area (Å²) in [5.41, 5.74) is 5.44. The van der Waals surface area contributed by atoms with Crippen LogP contribution in [0.15, 0.2) is 41.1 Å². The molecule has 0 radical (unpaired) electrons. The van der Waals surface area contributed by atoms with Crippen LogP contribution in [0.4, 0.5) is 0 Å². The monoisotopic (exact) mass is 322 g/mol. The maximum atomic E-state index is 5.64. The second-order valence-electron chi connectivity index (χ2n) is 4.76. The number of hydrazine groups is 1. The highest BCUT2D eigenvalue weighted by Crippen LogP contribution is 2.13. The maximum Gasteiger partial charge on any atom is 0.0521 e. The van der Waals surface area contributed by atoms with E-state index in [9.17, 15) is 0 Å². The molecule has 19 heavy (non-hydrogen) atoms. The van der Waals surface area contributed by atoms with Gasteiger partial charge in [0.05, 0.1) is 6.20 Å². The number of benzene rings is 1. The van der Waals surface area contributed by atoms with Crippen molar-refractivity contribution in [3.63, 3.8) is 0 Å². The van der Waals surface area contributed by atoms with Gasteiger partial charge in [-0.3, -0.25) is 16.0 Å². The predicted octanol–water partition coefficient (Wildman–Crippen LogP) is 2.19. The molecule has 0 fully saturated rings. The van der Waals surface area contributed by atoms with Gasteiger partial charge in [-0.15, -0.1) is 0 Å². The van der Waals surface area contributed by atoms with Gasteiger partial charge in [-0.2, -0.15) is 5.10 Å². The lowest BCUT2D eigenvalue weighted by molar-refractivity contribution is 0.491. The number of nitrogens with zero attached hydrogens (tertiary/aromatic N) is 2. The van der Waals surface area contributed by atoms with Crippen LogP contribution < -0.4 is 11.3 Å². The van der Waals surface area contributed by atoms with E-state index >= 15 is 0 Å². The van der Waals surface area contributed by atoms with Gasteiger partial charge in [0.2, 0.25) is 0 Å². The van der Waals surface area contributed by atoms with E-state index in [1.807, 2.05) is 24.1 Å². The second kappa shape index (κ2) is 6.84. The number of rotatable bonds is 6. The molecule has 0 aliphatic carbocycles. The van der Waals surface area contributed by atoms with Crippen LogP contribution in [0.3, 0.4) is 0 Å². The third-order valence-electron chi connectivity index (χ3n) is 3.17. The third-order valence-corrected chi connectivity index (χ3v) is 3.70. The molecule has 0 amide bonds. The van der Waals surface area contributed by atoms with Gasteiger partial charge in [-0.1, -0.05) is 28.1 Å². The molecule has 0 bridgehead atoms. The summed E-state index contributed by atoms with van der Waals surface area (Å²) < 4.78 is 2.93. The molecule has 1 aromatic heterocycles. The number of aromatic nitrogens is 2. The summed E-state index contributed by atoms with van der Waals surface area (Å²) in [5.74, 6) is 5.64. The van der Waals surface area contributed by atoms with E-state index in [2.05, 4.69) is 50.7 Å². The van der Waals surface area contributed by atoms with E-state index in [-0.39, 0.29) is 6.04 Å². The lowest BCUT2D eigenvalue weighted by Crippen LogP contribution is -2.37. The topological polar surface area (TPSA) is 55.9 Å². The van der Waals surface area contributed by atoms with E-state index in [4.69, 9.17) is 5.84 Å². The summed E-state index contributed by atoms with van der Waals surface area (Å²) in [7, 11) is 1.93. The van der Waals surface area contributed by atoms with Crippen LogP contribution in [0.5, 0.6) is 0 Å². The molecule has 1 heterocycles. The first kappa shape index (κ1) is 14.2. The summed E-state index contributed by atoms with van der Waals surface area (Å²) in [5, 5.41) is 4.17. The van der Waals surface area contributed by atoms with Gasteiger partial charge in [-0.25, -0.2) is 0 Å². The van der Waals surface area contributed by atoms with Crippen molar-refractivity contribution in [1.29, 1.82) is 0 Å². The molecule has 1 atom stereocenters. The Balaban J connectivity index is 1.87. The molecule has 2 rings (SSSR count). The Morgan fingerprint density at radius 1 is 1.32 bits per heavy atom. The Morgan fingerprint density at radius 3 is 2.63 bits per heavy atom. The van der Waals surface area contributed by atoms with E-state index in [0.717, 1.165) is 23.7 Å². The van der Waals surface area contributed by atoms with Gasteiger partial charge >= 0.3 is 0 Å². The van der Waals surface area contributed by atoms with E-state index in [1.165, 1.54) is 11.1 Å². The SMILES string of the molecule is Cn1cc(CCC(Cc2ccc(Br)cc2)NN)cn1. The van der Waals surface area contributed by atoms with Crippen molar-refractivity contribution < 1.29 is 0 Å². The number of hydrogen-bond donors (Lipinski definition) is 2. The minimum atomic E-state index is 0.279. The highest BCUT2D eigenvalue weighted by Gasteiger charge is 2.08. The molecule has 5 heteroatoms. The first-order valence-corrected chi connectivity index (χ1v) is 7.15. The molecule has 0 saturated heterocycles. The highest BCUT2D eigenvalue weighted by molar-refractivity contribution is 9.10. The van der Waals surface area contributed by atoms with Crippen LogP contribution in [0.25, 0.3) is 0 Å². The molecule has 4 nitrogen and oxygen atoms in total. The summed E-state index contributed by atoms with van der Waals surface area (Å²) in [4.78, 5) is 0. The standard InChI is InChI=1S/C14H19BrN4/c1-19-10-12(9-17-19)4-7-14(18-16)8-11-2-5-13(15)6-3-11/h2-3,5-6,9-10,14,18H,4,7-8,16H2,1H3. The fraction of sp³-hybridized carbons (Fsp3) is 0.357. The predicted molar refractivity (Wildman–Crippen MR) is 80.5 cm³/mol. The number of nitrogens with one attached hydrogen (secondary N) is 1. The first-order valence-electron chi connectivity index (χ1n) is 6.35. The minimum Gasteiger partial charge on any atom is -0.276 e. The minimum absolute atomic E-state index is 0.279. The first-order chi connectivity index (χ1) is 9.17. The van der Waals surface area contributed by atoms with Crippen LogP contribution in [0.1, 0.15) is 17.5 Å². The zero-order chi connectivity index (χ0) is 13.7. The Bertz CT molecular complexity index is 506. The van der Waals surface area contributed by atoms with Crippen molar-refractivity contribution in [2.45, 2.75) is 25.3 Å². The van der Waals surface area contributed by atoms with Gasteiger partial charge in [0, 0.05) is 23.8 Å². The van der Waals surface area contributed by atoms with Crippen molar-refractivity contribution in [3.8, 4) is 0 Å². The quantitative estimate of drug-likeness (QED) is 0.633. The average Bonchev–Trinajstić information content (AvgIpc) is 2.82. The molecule has 0 aliphatic heterocycles. The molecule has 3 N–H and O–H groups in total. The number of nitrogens with two attached hydrogens (primary N) is 1. The lowest BCUT2D eigenvalue weighted by Gasteiger charge is -2.15. The van der Waals surface area contributed by atoms with Crippen molar-refractivity contribution in [3.05, 3.63) is 52.3 Å². The van der Waals surface area contributed by atoms with Gasteiger partial charge in [0.15, 0.2) is 0 Å². The van der Waals surface area contributed by atoms with E-state index in [1.54, 1.807) is 0 Å². The Kier molecular flexibility index (Phi) is 5.13. The normalized spacial score (nSPS) is 12.6. The van der Waals surface area contributed by atoms with Crippen LogP contribution in [-0.4, -0.2) is 15.8 Å². The molecule has 1 unspecified atom stereocenters. The molecule has 0 spiro atoms. The van der Waals surface area contributed by atoms with Crippen LogP contribution >= 0.6 is 15.9 Å². The molecule has 0 saturated carbocycles. The van der Waals surface area contributed by atoms with Gasteiger partial charge in [0.1, 0.15) is 0 Å². The summed E-state index contributed by atoms with van der Waals surface area (Å²) >= 11 is 3.44. The average molecular weight is 323 g/mol. The fourth-order valence-corrected chi connectivity index (χ4v) is 2.36. The van der Waals surface area contributed by atoms with Crippen molar-refractivity contribution in [2.24, 2.45) is 12.9 Å². The third kappa shape index (κ3) is 4.45. The van der Waals surface area contributed by atoms with Crippen LogP contribution in [0.2, 0.25) is 0 Å². The number of hydrogen-bond acceptors (Lipinski definition) is 3. The van der Waals surface area contributed by atoms with Gasteiger partial charge in [-0.05, 0) is 42.5 Å². The van der Waals surface area contributed by atoms with Crippen LogP contribution in [-0.2, 0) is 19.9 Å². The summed E-state index contributed by atoms with van der Waals surface area (Å²) in [6, 6.07) is 8.65. The Labute approximate surface area is 122 Å². The van der Waals surface area contributed by atoms with Crippen molar-refractivity contribution in [1.82, 2.24) is 15.2 Å².